The number of hydrogen-bond acceptors (Lipinski definition) is 4. The van der Waals surface area contributed by atoms with E-state index in [1.54, 1.807) is 0 Å². The Balaban J connectivity index is 1.32. The van der Waals surface area contributed by atoms with E-state index in [4.69, 9.17) is 33.3 Å². The maximum atomic E-state index is 6.16. The summed E-state index contributed by atoms with van der Waals surface area (Å²) in [5.41, 5.74) is 2.07. The summed E-state index contributed by atoms with van der Waals surface area (Å²) >= 11 is 13.4. The highest BCUT2D eigenvalue weighted by molar-refractivity contribution is 7.98. The summed E-state index contributed by atoms with van der Waals surface area (Å²) in [4.78, 5) is 0. The molecule has 0 aliphatic carbocycles. The van der Waals surface area contributed by atoms with E-state index in [1.165, 1.54) is 5.56 Å². The molecule has 1 aliphatic rings. The largest absolute Gasteiger partial charge is 0.486 e. The van der Waals surface area contributed by atoms with Gasteiger partial charge in [0.25, 0.3) is 0 Å². The van der Waals surface area contributed by atoms with Crippen LogP contribution in [0.25, 0.3) is 0 Å². The number of nitrogens with one attached hydrogen (secondary N) is 2. The Morgan fingerprint density at radius 1 is 1.12 bits per heavy atom. The number of fused-ring (bicyclic) bond motifs is 1. The summed E-state index contributed by atoms with van der Waals surface area (Å²) in [5, 5.41) is 7.85. The van der Waals surface area contributed by atoms with E-state index in [2.05, 4.69) is 16.7 Å². The van der Waals surface area contributed by atoms with E-state index >= 15 is 0 Å². The highest BCUT2D eigenvalue weighted by atomic mass is 35.5. The summed E-state index contributed by atoms with van der Waals surface area (Å²) in [6.07, 6.45) is 1.03. The fourth-order valence-electron chi connectivity index (χ4n) is 2.47. The molecule has 0 aromatic heterocycles. The second-order valence-corrected chi connectivity index (χ2v) is 7.66. The molecule has 0 atom stereocenters. The molecule has 2 N–H and O–H groups in total. The van der Waals surface area contributed by atoms with Crippen LogP contribution >= 0.6 is 35.6 Å². The third-order valence-electron chi connectivity index (χ3n) is 3.77. The third kappa shape index (κ3) is 5.69. The predicted molar refractivity (Wildman–Crippen MR) is 114 cm³/mol. The molecule has 0 unspecified atom stereocenters. The molecule has 0 spiro atoms. The van der Waals surface area contributed by atoms with Crippen molar-refractivity contribution in [3.63, 3.8) is 0 Å². The van der Waals surface area contributed by atoms with Crippen LogP contribution in [0.15, 0.2) is 42.5 Å². The quantitative estimate of drug-likeness (QED) is 0.510. The Morgan fingerprint density at radius 2 is 1.92 bits per heavy atom. The highest BCUT2D eigenvalue weighted by Gasteiger charge is 2.11. The molecule has 0 radical (unpaired) electrons. The minimum atomic E-state index is 0.574. The van der Waals surface area contributed by atoms with Gasteiger partial charge in [0.15, 0.2) is 16.6 Å². The van der Waals surface area contributed by atoms with Crippen molar-refractivity contribution in [3.05, 3.63) is 53.1 Å². The molecule has 0 bridgehead atoms. The van der Waals surface area contributed by atoms with Crippen LogP contribution < -0.4 is 20.1 Å². The molecule has 1 aliphatic heterocycles. The number of thiocarbonyl (C=S) groups is 1. The molecule has 138 valence electrons. The maximum Gasteiger partial charge on any atom is 0.170 e. The van der Waals surface area contributed by atoms with E-state index in [9.17, 15) is 0 Å². The summed E-state index contributed by atoms with van der Waals surface area (Å²) < 4.78 is 11.1. The van der Waals surface area contributed by atoms with Gasteiger partial charge >= 0.3 is 0 Å². The molecular formula is C19H21ClN2O2S2. The van der Waals surface area contributed by atoms with Crippen molar-refractivity contribution < 1.29 is 9.47 Å². The summed E-state index contributed by atoms with van der Waals surface area (Å²) in [7, 11) is 0. The number of rotatable bonds is 7. The van der Waals surface area contributed by atoms with Crippen molar-refractivity contribution in [2.45, 2.75) is 12.2 Å². The molecule has 0 saturated heterocycles. The van der Waals surface area contributed by atoms with E-state index in [1.807, 2.05) is 48.2 Å². The molecule has 0 fully saturated rings. The van der Waals surface area contributed by atoms with Crippen LogP contribution in [0.2, 0.25) is 5.02 Å². The van der Waals surface area contributed by atoms with Crippen molar-refractivity contribution in [2.75, 3.05) is 30.8 Å². The Kier molecular flexibility index (Phi) is 7.29. The number of anilines is 1. The van der Waals surface area contributed by atoms with Gasteiger partial charge in [0, 0.05) is 29.1 Å². The van der Waals surface area contributed by atoms with Crippen LogP contribution in [-0.2, 0) is 5.75 Å². The van der Waals surface area contributed by atoms with Crippen LogP contribution in [0.4, 0.5) is 5.69 Å². The Bertz CT molecular complexity index is 758. The van der Waals surface area contributed by atoms with E-state index in [0.717, 1.165) is 46.7 Å². The van der Waals surface area contributed by atoms with Gasteiger partial charge in [-0.1, -0.05) is 29.8 Å². The van der Waals surface area contributed by atoms with Crippen molar-refractivity contribution >= 4 is 46.4 Å². The number of ether oxygens (including phenoxy) is 2. The number of hydrogen-bond donors (Lipinski definition) is 2. The second kappa shape index (κ2) is 9.90. The van der Waals surface area contributed by atoms with Crippen molar-refractivity contribution in [3.8, 4) is 11.5 Å². The summed E-state index contributed by atoms with van der Waals surface area (Å²) in [6.45, 7) is 1.99. The lowest BCUT2D eigenvalue weighted by Gasteiger charge is -2.19. The topological polar surface area (TPSA) is 42.5 Å². The first-order chi connectivity index (χ1) is 12.7. The second-order valence-electron chi connectivity index (χ2n) is 5.74. The SMILES string of the molecule is S=C(NCCCSCc1ccccc1Cl)Nc1ccc2c(c1)OCCO2. The van der Waals surface area contributed by atoms with Crippen LogP contribution in [0.3, 0.4) is 0 Å². The molecule has 26 heavy (non-hydrogen) atoms. The van der Waals surface area contributed by atoms with E-state index in [0.29, 0.717) is 18.3 Å². The first-order valence-corrected chi connectivity index (χ1v) is 10.4. The van der Waals surface area contributed by atoms with Crippen LogP contribution in [0, 0.1) is 0 Å². The van der Waals surface area contributed by atoms with Crippen LogP contribution in [0.5, 0.6) is 11.5 Å². The Hall–Kier alpha value is -1.63. The monoisotopic (exact) mass is 408 g/mol. The number of thioether (sulfide) groups is 1. The molecule has 2 aromatic carbocycles. The van der Waals surface area contributed by atoms with Crippen molar-refractivity contribution in [1.82, 2.24) is 5.32 Å². The minimum Gasteiger partial charge on any atom is -0.486 e. The number of benzene rings is 2. The van der Waals surface area contributed by atoms with E-state index in [-0.39, 0.29) is 0 Å². The molecular weight excluding hydrogens is 388 g/mol. The average Bonchev–Trinajstić information content (AvgIpc) is 2.66. The van der Waals surface area contributed by atoms with Crippen molar-refractivity contribution in [1.29, 1.82) is 0 Å². The highest BCUT2D eigenvalue weighted by Crippen LogP contribution is 2.32. The molecule has 3 rings (SSSR count). The fourth-order valence-corrected chi connectivity index (χ4v) is 3.94. The lowest BCUT2D eigenvalue weighted by atomic mass is 10.2. The van der Waals surface area contributed by atoms with Gasteiger partial charge < -0.3 is 20.1 Å². The van der Waals surface area contributed by atoms with Gasteiger partial charge in [0.05, 0.1) is 0 Å². The van der Waals surface area contributed by atoms with Gasteiger partial charge in [-0.25, -0.2) is 0 Å². The Labute approximate surface area is 168 Å². The zero-order valence-corrected chi connectivity index (χ0v) is 16.7. The fraction of sp³-hybridized carbons (Fsp3) is 0.316. The lowest BCUT2D eigenvalue weighted by Crippen LogP contribution is -2.29. The first-order valence-electron chi connectivity index (χ1n) is 8.48. The number of halogens is 1. The van der Waals surface area contributed by atoms with Gasteiger partial charge in [-0.2, -0.15) is 11.8 Å². The average molecular weight is 409 g/mol. The van der Waals surface area contributed by atoms with E-state index < -0.39 is 0 Å². The third-order valence-corrected chi connectivity index (χ3v) is 5.47. The van der Waals surface area contributed by atoms with Gasteiger partial charge in [-0.15, -0.1) is 0 Å². The molecule has 4 nitrogen and oxygen atoms in total. The maximum absolute atomic E-state index is 6.16. The van der Waals surface area contributed by atoms with Gasteiger partial charge in [0.1, 0.15) is 13.2 Å². The predicted octanol–water partition coefficient (Wildman–Crippen LogP) is 4.72. The zero-order chi connectivity index (χ0) is 18.2. The summed E-state index contributed by atoms with van der Waals surface area (Å²) in [6, 6.07) is 13.7. The lowest BCUT2D eigenvalue weighted by molar-refractivity contribution is 0.171. The van der Waals surface area contributed by atoms with Crippen LogP contribution in [0.1, 0.15) is 12.0 Å². The van der Waals surface area contributed by atoms with Gasteiger partial charge in [-0.05, 0) is 48.2 Å². The molecule has 0 saturated carbocycles. The standard InChI is InChI=1S/C19H21ClN2O2S2/c20-16-5-2-1-4-14(16)13-26-11-3-8-21-19(25)22-15-6-7-17-18(12-15)24-10-9-23-17/h1-2,4-7,12H,3,8-11,13H2,(H2,21,22,25). The van der Waals surface area contributed by atoms with Crippen LogP contribution in [-0.4, -0.2) is 30.6 Å². The van der Waals surface area contributed by atoms with Gasteiger partial charge in [0.2, 0.25) is 0 Å². The zero-order valence-electron chi connectivity index (χ0n) is 14.3. The molecule has 7 heteroatoms. The molecule has 0 amide bonds. The molecule has 1 heterocycles. The smallest absolute Gasteiger partial charge is 0.170 e. The minimum absolute atomic E-state index is 0.574. The molecule has 2 aromatic rings. The van der Waals surface area contributed by atoms with Crippen molar-refractivity contribution in [2.24, 2.45) is 0 Å². The normalized spacial score (nSPS) is 12.5. The first kappa shape index (κ1) is 19.1. The van der Waals surface area contributed by atoms with Gasteiger partial charge in [-0.3, -0.25) is 0 Å². The summed E-state index contributed by atoms with van der Waals surface area (Å²) in [5.74, 6) is 3.50. The Morgan fingerprint density at radius 3 is 2.77 bits per heavy atom.